The molecule has 2 aromatic carbocycles. The van der Waals surface area contributed by atoms with Crippen molar-refractivity contribution in [3.8, 4) is 11.5 Å². The first-order chi connectivity index (χ1) is 13.4. The first-order valence-electron chi connectivity index (χ1n) is 8.67. The lowest BCUT2D eigenvalue weighted by atomic mass is 10.1. The Morgan fingerprint density at radius 3 is 2.54 bits per heavy atom. The Morgan fingerprint density at radius 2 is 1.86 bits per heavy atom. The van der Waals surface area contributed by atoms with Crippen molar-refractivity contribution < 1.29 is 27.4 Å². The quantitative estimate of drug-likeness (QED) is 0.729. The van der Waals surface area contributed by atoms with Crippen LogP contribution in [0.4, 0.5) is 5.69 Å². The van der Waals surface area contributed by atoms with Crippen molar-refractivity contribution in [3.63, 3.8) is 0 Å². The Morgan fingerprint density at radius 1 is 1.11 bits per heavy atom. The van der Waals surface area contributed by atoms with E-state index in [2.05, 4.69) is 10.0 Å². The van der Waals surface area contributed by atoms with Crippen molar-refractivity contribution in [2.45, 2.75) is 17.4 Å². The van der Waals surface area contributed by atoms with Crippen LogP contribution < -0.4 is 19.5 Å². The molecule has 9 heteroatoms. The number of benzene rings is 2. The predicted molar refractivity (Wildman–Crippen MR) is 103 cm³/mol. The maximum atomic E-state index is 12.8. The molecule has 8 nitrogen and oxygen atoms in total. The largest absolute Gasteiger partial charge is 0.496 e. The molecule has 150 valence electrons. The number of nitrogens with one attached hydrogen (secondary N) is 2. The molecule has 0 saturated carbocycles. The van der Waals surface area contributed by atoms with E-state index in [4.69, 9.17) is 14.2 Å². The molecule has 1 aliphatic heterocycles. The molecule has 0 unspecified atom stereocenters. The summed E-state index contributed by atoms with van der Waals surface area (Å²) in [5.74, 6) is 0.236. The number of methoxy groups -OCH3 is 2. The molecule has 0 aromatic heterocycles. The van der Waals surface area contributed by atoms with E-state index < -0.39 is 15.9 Å². The fourth-order valence-electron chi connectivity index (χ4n) is 2.88. The average Bonchev–Trinajstić information content (AvgIpc) is 3.20. The molecule has 1 fully saturated rings. The molecule has 1 heterocycles. The molecule has 2 aromatic rings. The Hall–Kier alpha value is -2.62. The van der Waals surface area contributed by atoms with Gasteiger partial charge in [-0.3, -0.25) is 4.79 Å². The Balaban J connectivity index is 1.89. The number of rotatable bonds is 7. The van der Waals surface area contributed by atoms with Crippen LogP contribution in [0.15, 0.2) is 47.4 Å². The summed E-state index contributed by atoms with van der Waals surface area (Å²) in [5.41, 5.74) is 0.561. The van der Waals surface area contributed by atoms with E-state index in [1.54, 1.807) is 24.3 Å². The van der Waals surface area contributed by atoms with E-state index in [1.807, 2.05) is 0 Å². The van der Waals surface area contributed by atoms with E-state index in [1.165, 1.54) is 32.4 Å². The van der Waals surface area contributed by atoms with E-state index >= 15 is 0 Å². The lowest BCUT2D eigenvalue weighted by Gasteiger charge is -2.15. The minimum atomic E-state index is -3.80. The van der Waals surface area contributed by atoms with Crippen molar-refractivity contribution in [1.82, 2.24) is 4.72 Å². The maximum absolute atomic E-state index is 12.8. The highest BCUT2D eigenvalue weighted by atomic mass is 32.2. The Labute approximate surface area is 163 Å². The number of amides is 1. The zero-order valence-electron chi connectivity index (χ0n) is 15.6. The van der Waals surface area contributed by atoms with Crippen molar-refractivity contribution in [3.05, 3.63) is 48.0 Å². The molecule has 0 bridgehead atoms. The van der Waals surface area contributed by atoms with Gasteiger partial charge in [0.05, 0.1) is 37.0 Å². The highest BCUT2D eigenvalue weighted by Crippen LogP contribution is 2.27. The first kappa shape index (κ1) is 20.1. The third-order valence-corrected chi connectivity index (χ3v) is 5.85. The highest BCUT2D eigenvalue weighted by Gasteiger charge is 2.25. The molecule has 2 N–H and O–H groups in total. The monoisotopic (exact) mass is 406 g/mol. The van der Waals surface area contributed by atoms with Gasteiger partial charge in [-0.2, -0.15) is 0 Å². The minimum absolute atomic E-state index is 0.0228. The highest BCUT2D eigenvalue weighted by molar-refractivity contribution is 7.89. The molecular weight excluding hydrogens is 384 g/mol. The van der Waals surface area contributed by atoms with Gasteiger partial charge in [-0.1, -0.05) is 12.1 Å². The number of hydrogen-bond donors (Lipinski definition) is 2. The van der Waals surface area contributed by atoms with Crippen LogP contribution in [-0.4, -0.2) is 47.8 Å². The van der Waals surface area contributed by atoms with Crippen LogP contribution in [0.2, 0.25) is 0 Å². The minimum Gasteiger partial charge on any atom is -0.496 e. The summed E-state index contributed by atoms with van der Waals surface area (Å²) < 4.78 is 43.6. The summed E-state index contributed by atoms with van der Waals surface area (Å²) in [6.07, 6.45) is 0.608. The van der Waals surface area contributed by atoms with E-state index in [0.29, 0.717) is 31.1 Å². The number of anilines is 1. The van der Waals surface area contributed by atoms with Crippen molar-refractivity contribution in [2.75, 3.05) is 32.8 Å². The molecule has 1 atom stereocenters. The van der Waals surface area contributed by atoms with Crippen molar-refractivity contribution in [1.29, 1.82) is 0 Å². The SMILES string of the molecule is COc1ccccc1NC(=O)c1cc(S(=O)(=O)N[C@H]2CCOC2)ccc1OC. The van der Waals surface area contributed by atoms with Crippen LogP contribution in [0.1, 0.15) is 16.8 Å². The van der Waals surface area contributed by atoms with Gasteiger partial charge in [-0.05, 0) is 36.8 Å². The zero-order valence-corrected chi connectivity index (χ0v) is 16.4. The van der Waals surface area contributed by atoms with Gasteiger partial charge in [0.1, 0.15) is 11.5 Å². The molecule has 0 aliphatic carbocycles. The van der Waals surface area contributed by atoms with Gasteiger partial charge < -0.3 is 19.5 Å². The summed E-state index contributed by atoms with van der Waals surface area (Å²) in [6.45, 7) is 0.846. The number of carbonyl (C=O) groups is 1. The van der Waals surface area contributed by atoms with Crippen LogP contribution in [0.3, 0.4) is 0 Å². The number of hydrogen-bond acceptors (Lipinski definition) is 6. The first-order valence-corrected chi connectivity index (χ1v) is 10.2. The van der Waals surface area contributed by atoms with Gasteiger partial charge in [-0.15, -0.1) is 0 Å². The number of carbonyl (C=O) groups excluding carboxylic acids is 1. The molecule has 3 rings (SSSR count). The second-order valence-corrected chi connectivity index (χ2v) is 7.91. The van der Waals surface area contributed by atoms with Crippen molar-refractivity contribution >= 4 is 21.6 Å². The van der Waals surface area contributed by atoms with Crippen LogP contribution in [0.25, 0.3) is 0 Å². The molecule has 0 spiro atoms. The van der Waals surface area contributed by atoms with Gasteiger partial charge in [0, 0.05) is 12.6 Å². The molecule has 28 heavy (non-hydrogen) atoms. The zero-order chi connectivity index (χ0) is 20.1. The molecular formula is C19H22N2O6S. The topological polar surface area (TPSA) is 103 Å². The molecule has 0 radical (unpaired) electrons. The van der Waals surface area contributed by atoms with Crippen LogP contribution >= 0.6 is 0 Å². The average molecular weight is 406 g/mol. The van der Waals surface area contributed by atoms with Gasteiger partial charge in [0.2, 0.25) is 10.0 Å². The van der Waals surface area contributed by atoms with Gasteiger partial charge in [-0.25, -0.2) is 13.1 Å². The van der Waals surface area contributed by atoms with Crippen molar-refractivity contribution in [2.24, 2.45) is 0 Å². The van der Waals surface area contributed by atoms with Crippen LogP contribution in [0, 0.1) is 0 Å². The van der Waals surface area contributed by atoms with Crippen LogP contribution in [0.5, 0.6) is 11.5 Å². The number of ether oxygens (including phenoxy) is 3. The summed E-state index contributed by atoms with van der Waals surface area (Å²) in [5, 5.41) is 2.73. The van der Waals surface area contributed by atoms with Gasteiger partial charge >= 0.3 is 0 Å². The van der Waals surface area contributed by atoms with Gasteiger partial charge in [0.15, 0.2) is 0 Å². The Kier molecular flexibility index (Phi) is 6.18. The molecule has 1 amide bonds. The smallest absolute Gasteiger partial charge is 0.259 e. The normalized spacial score (nSPS) is 16.6. The fourth-order valence-corrected chi connectivity index (χ4v) is 4.17. The summed E-state index contributed by atoms with van der Waals surface area (Å²) in [7, 11) is -0.889. The van der Waals surface area contributed by atoms with E-state index in [9.17, 15) is 13.2 Å². The number of para-hydroxylation sites is 2. The second-order valence-electron chi connectivity index (χ2n) is 6.20. The third-order valence-electron chi connectivity index (χ3n) is 4.33. The molecule has 1 saturated heterocycles. The molecule has 1 aliphatic rings. The summed E-state index contributed by atoms with van der Waals surface area (Å²) in [4.78, 5) is 12.8. The lowest BCUT2D eigenvalue weighted by molar-refractivity contribution is 0.102. The third kappa shape index (κ3) is 4.44. The van der Waals surface area contributed by atoms with E-state index in [-0.39, 0.29) is 22.3 Å². The predicted octanol–water partition coefficient (Wildman–Crippen LogP) is 2.02. The van der Waals surface area contributed by atoms with Gasteiger partial charge in [0.25, 0.3) is 5.91 Å². The Bertz CT molecular complexity index is 955. The lowest BCUT2D eigenvalue weighted by Crippen LogP contribution is -2.35. The fraction of sp³-hybridized carbons (Fsp3) is 0.316. The second kappa shape index (κ2) is 8.59. The standard InChI is InChI=1S/C19H22N2O6S/c1-25-17-8-7-14(28(23,24)21-13-9-10-27-12-13)11-15(17)19(22)20-16-5-3-4-6-18(16)26-2/h3-8,11,13,21H,9-10,12H2,1-2H3,(H,20,22)/t13-/m0/s1. The maximum Gasteiger partial charge on any atom is 0.259 e. The van der Waals surface area contributed by atoms with E-state index in [0.717, 1.165) is 0 Å². The summed E-state index contributed by atoms with van der Waals surface area (Å²) >= 11 is 0. The van der Waals surface area contributed by atoms with Crippen LogP contribution in [-0.2, 0) is 14.8 Å². The summed E-state index contributed by atoms with van der Waals surface area (Å²) in [6, 6.07) is 10.8. The number of sulfonamides is 1.